The van der Waals surface area contributed by atoms with E-state index < -0.39 is 35.6 Å². The fourth-order valence-electron chi connectivity index (χ4n) is 2.56. The lowest BCUT2D eigenvalue weighted by molar-refractivity contribution is -0.197. The molecule has 140 valence electrons. The van der Waals surface area contributed by atoms with Crippen LogP contribution >= 0.6 is 0 Å². The van der Waals surface area contributed by atoms with E-state index in [0.29, 0.717) is 15.7 Å². The molecule has 3 rings (SSSR count). The van der Waals surface area contributed by atoms with Gasteiger partial charge in [-0.2, -0.15) is 0 Å². The summed E-state index contributed by atoms with van der Waals surface area (Å²) in [5, 5.41) is 0.860. The van der Waals surface area contributed by atoms with E-state index in [-0.39, 0.29) is 37.7 Å². The summed E-state index contributed by atoms with van der Waals surface area (Å²) in [6, 6.07) is 5.70. The van der Waals surface area contributed by atoms with Gasteiger partial charge in [0.15, 0.2) is 0 Å². The molecule has 2 aliphatic rings. The first kappa shape index (κ1) is 18.2. The summed E-state index contributed by atoms with van der Waals surface area (Å²) >= 11 is 0. The first-order chi connectivity index (χ1) is 12.8. The van der Waals surface area contributed by atoms with Crippen LogP contribution in [0, 0.1) is 0 Å². The van der Waals surface area contributed by atoms with Gasteiger partial charge >= 0.3 is 11.9 Å². The molecular weight excluding hydrogens is 360 g/mol. The van der Waals surface area contributed by atoms with E-state index in [1.807, 2.05) is 0 Å². The van der Waals surface area contributed by atoms with Crippen LogP contribution in [-0.2, 0) is 40.1 Å². The third kappa shape index (κ3) is 4.00. The summed E-state index contributed by atoms with van der Waals surface area (Å²) in [7, 11) is 0. The molecule has 0 atom stereocenters. The van der Waals surface area contributed by atoms with Gasteiger partial charge in [-0.25, -0.2) is 9.59 Å². The molecule has 0 bridgehead atoms. The molecule has 2 aliphatic heterocycles. The molecule has 2 heterocycles. The molecule has 0 radical (unpaired) electrons. The molecular formula is C17H14N2O8. The van der Waals surface area contributed by atoms with E-state index in [1.165, 1.54) is 24.3 Å². The van der Waals surface area contributed by atoms with Crippen molar-refractivity contribution in [1.29, 1.82) is 0 Å². The minimum atomic E-state index is -0.932. The monoisotopic (exact) mass is 374 g/mol. The van der Waals surface area contributed by atoms with Crippen molar-refractivity contribution in [2.75, 3.05) is 0 Å². The molecule has 0 N–H and O–H groups in total. The Hall–Kier alpha value is -3.56. The second-order valence-electron chi connectivity index (χ2n) is 5.88. The van der Waals surface area contributed by atoms with E-state index in [1.54, 1.807) is 0 Å². The number of carbonyl (C=O) groups is 6. The lowest BCUT2D eigenvalue weighted by Gasteiger charge is -2.14. The molecule has 0 unspecified atom stereocenters. The number of rotatable bonds is 5. The van der Waals surface area contributed by atoms with Crippen LogP contribution in [0.1, 0.15) is 41.6 Å². The molecule has 2 fully saturated rings. The predicted octanol–water partition coefficient (Wildman–Crippen LogP) is 0.0571. The number of hydrogen-bond donors (Lipinski definition) is 0. The van der Waals surface area contributed by atoms with E-state index in [9.17, 15) is 28.8 Å². The maximum Gasteiger partial charge on any atom is 0.363 e. The Morgan fingerprint density at radius 1 is 0.815 bits per heavy atom. The smallest absolute Gasteiger partial charge is 0.330 e. The van der Waals surface area contributed by atoms with Crippen molar-refractivity contribution in [3.63, 3.8) is 0 Å². The summed E-state index contributed by atoms with van der Waals surface area (Å²) in [6.45, 7) is 0. The SMILES string of the molecule is O=C(Cc1cccc(C(=O)ON2C(=O)CCC2=O)c1)ON1C(=O)CCC1=O. The van der Waals surface area contributed by atoms with Crippen molar-refractivity contribution in [2.24, 2.45) is 0 Å². The summed E-state index contributed by atoms with van der Waals surface area (Å²) in [4.78, 5) is 79.5. The molecule has 4 amide bonds. The molecule has 0 aliphatic carbocycles. The molecule has 10 heteroatoms. The summed E-state index contributed by atoms with van der Waals surface area (Å²) in [5.41, 5.74) is 0.369. The molecule has 2 saturated heterocycles. The topological polar surface area (TPSA) is 127 Å². The van der Waals surface area contributed by atoms with Crippen LogP contribution in [0.15, 0.2) is 24.3 Å². The zero-order chi connectivity index (χ0) is 19.6. The van der Waals surface area contributed by atoms with Gasteiger partial charge in [0.2, 0.25) is 0 Å². The Kier molecular flexibility index (Phi) is 4.97. The minimum Gasteiger partial charge on any atom is -0.330 e. The van der Waals surface area contributed by atoms with Crippen molar-refractivity contribution in [3.8, 4) is 0 Å². The fraction of sp³-hybridized carbons (Fsp3) is 0.294. The van der Waals surface area contributed by atoms with Crippen LogP contribution < -0.4 is 0 Å². The Bertz CT molecular complexity index is 830. The highest BCUT2D eigenvalue weighted by atomic mass is 16.7. The third-order valence-corrected chi connectivity index (χ3v) is 3.89. The van der Waals surface area contributed by atoms with Gasteiger partial charge in [-0.15, -0.1) is 10.1 Å². The van der Waals surface area contributed by atoms with Gasteiger partial charge in [0, 0.05) is 25.7 Å². The second-order valence-corrected chi connectivity index (χ2v) is 5.88. The standard InChI is InChI=1S/C17H14N2O8/c20-12-4-5-13(21)18(12)26-16(24)9-10-2-1-3-11(8-10)17(25)27-19-14(22)6-7-15(19)23/h1-3,8H,4-7,9H2. The molecule has 1 aromatic rings. The van der Waals surface area contributed by atoms with Gasteiger partial charge in [-0.1, -0.05) is 12.1 Å². The Morgan fingerprint density at radius 2 is 1.33 bits per heavy atom. The first-order valence-electron chi connectivity index (χ1n) is 8.09. The molecule has 27 heavy (non-hydrogen) atoms. The minimum absolute atomic E-state index is 0.0125. The lowest BCUT2D eigenvalue weighted by atomic mass is 10.1. The summed E-state index contributed by atoms with van der Waals surface area (Å²) < 4.78 is 0. The quantitative estimate of drug-likeness (QED) is 0.662. The zero-order valence-corrected chi connectivity index (χ0v) is 14.0. The second kappa shape index (κ2) is 7.36. The number of carbonyl (C=O) groups excluding carboxylic acids is 6. The van der Waals surface area contributed by atoms with Crippen molar-refractivity contribution in [1.82, 2.24) is 10.1 Å². The molecule has 0 spiro atoms. The number of nitrogens with zero attached hydrogens (tertiary/aromatic N) is 2. The van der Waals surface area contributed by atoms with Crippen LogP contribution in [0.2, 0.25) is 0 Å². The van der Waals surface area contributed by atoms with Crippen LogP contribution in [0.5, 0.6) is 0 Å². The first-order valence-corrected chi connectivity index (χ1v) is 8.09. The summed E-state index contributed by atoms with van der Waals surface area (Å²) in [5.74, 6) is -4.18. The van der Waals surface area contributed by atoms with Crippen LogP contribution in [-0.4, -0.2) is 45.7 Å². The van der Waals surface area contributed by atoms with Gasteiger partial charge < -0.3 is 9.68 Å². The molecule has 10 nitrogen and oxygen atoms in total. The normalized spacial score (nSPS) is 16.9. The van der Waals surface area contributed by atoms with E-state index in [0.717, 1.165) is 0 Å². The van der Waals surface area contributed by atoms with Crippen molar-refractivity contribution in [2.45, 2.75) is 32.1 Å². The maximum atomic E-state index is 12.1. The Morgan fingerprint density at radius 3 is 1.89 bits per heavy atom. The highest BCUT2D eigenvalue weighted by Crippen LogP contribution is 2.16. The Balaban J connectivity index is 1.63. The van der Waals surface area contributed by atoms with Crippen molar-refractivity contribution < 1.29 is 38.4 Å². The van der Waals surface area contributed by atoms with Gasteiger partial charge in [0.05, 0.1) is 12.0 Å². The highest BCUT2D eigenvalue weighted by molar-refractivity contribution is 6.03. The zero-order valence-electron chi connectivity index (χ0n) is 14.0. The summed E-state index contributed by atoms with van der Waals surface area (Å²) in [6.07, 6.45) is -0.375. The largest absolute Gasteiger partial charge is 0.363 e. The van der Waals surface area contributed by atoms with Crippen LogP contribution in [0.4, 0.5) is 0 Å². The maximum absolute atomic E-state index is 12.1. The number of amides is 4. The van der Waals surface area contributed by atoms with Gasteiger partial charge in [-0.3, -0.25) is 19.2 Å². The number of hydroxylamine groups is 4. The number of hydrogen-bond acceptors (Lipinski definition) is 8. The van der Waals surface area contributed by atoms with Gasteiger partial charge in [0.25, 0.3) is 23.6 Å². The predicted molar refractivity (Wildman–Crippen MR) is 83.8 cm³/mol. The third-order valence-electron chi connectivity index (χ3n) is 3.89. The van der Waals surface area contributed by atoms with E-state index in [4.69, 9.17) is 9.68 Å². The fourth-order valence-corrected chi connectivity index (χ4v) is 2.56. The van der Waals surface area contributed by atoms with Gasteiger partial charge in [0.1, 0.15) is 0 Å². The number of imide groups is 2. The van der Waals surface area contributed by atoms with Crippen molar-refractivity contribution >= 4 is 35.6 Å². The number of benzene rings is 1. The van der Waals surface area contributed by atoms with Crippen molar-refractivity contribution in [3.05, 3.63) is 35.4 Å². The van der Waals surface area contributed by atoms with Gasteiger partial charge in [-0.05, 0) is 17.7 Å². The molecule has 0 aromatic heterocycles. The average molecular weight is 374 g/mol. The average Bonchev–Trinajstić information content (AvgIpc) is 3.12. The lowest BCUT2D eigenvalue weighted by Crippen LogP contribution is -2.32. The molecule has 0 saturated carbocycles. The molecule has 1 aromatic carbocycles. The highest BCUT2D eigenvalue weighted by Gasteiger charge is 2.34. The van der Waals surface area contributed by atoms with E-state index in [2.05, 4.69) is 0 Å². The Labute approximate surface area is 152 Å². The van der Waals surface area contributed by atoms with Crippen LogP contribution in [0.3, 0.4) is 0 Å². The van der Waals surface area contributed by atoms with Crippen LogP contribution in [0.25, 0.3) is 0 Å². The van der Waals surface area contributed by atoms with E-state index >= 15 is 0 Å².